The fraction of sp³-hybridized carbons (Fsp3) is 0.462. The molecule has 3 aliphatic rings. The number of hydrogen-bond donors (Lipinski definition) is 3. The van der Waals surface area contributed by atoms with Gasteiger partial charge in [-0.15, -0.1) is 0 Å². The minimum atomic E-state index is -1.34. The van der Waals surface area contributed by atoms with Crippen molar-refractivity contribution in [2.75, 3.05) is 11.6 Å². The number of aliphatic hydroxyl groups is 1. The van der Waals surface area contributed by atoms with Gasteiger partial charge in [-0.3, -0.25) is 4.79 Å². The van der Waals surface area contributed by atoms with Gasteiger partial charge in [-0.25, -0.2) is 9.90 Å². The van der Waals surface area contributed by atoms with E-state index in [0.717, 1.165) is 0 Å². The highest BCUT2D eigenvalue weighted by atomic mass is 16.8. The van der Waals surface area contributed by atoms with Gasteiger partial charge in [0.25, 0.3) is 0 Å². The zero-order valence-corrected chi connectivity index (χ0v) is 10.3. The van der Waals surface area contributed by atoms with Crippen LogP contribution in [0.2, 0.25) is 0 Å². The van der Waals surface area contributed by atoms with Crippen LogP contribution in [0, 0.1) is 0 Å². The largest absolute Gasteiger partial charge is 0.508 e. The molecule has 1 aromatic carbocycles. The van der Waals surface area contributed by atoms with Crippen molar-refractivity contribution in [3.05, 3.63) is 23.3 Å². The summed E-state index contributed by atoms with van der Waals surface area (Å²) in [6.45, 7) is 2.41. The van der Waals surface area contributed by atoms with Crippen LogP contribution in [0.5, 0.6) is 5.75 Å². The van der Waals surface area contributed by atoms with Crippen molar-refractivity contribution in [2.24, 2.45) is 0 Å². The van der Waals surface area contributed by atoms with E-state index in [-0.39, 0.29) is 23.8 Å². The number of carbonyl (C=O) groups is 1. The molecule has 3 N–H and O–H groups in total. The summed E-state index contributed by atoms with van der Waals surface area (Å²) in [5.41, 5.74) is 1.68. The van der Waals surface area contributed by atoms with Gasteiger partial charge in [-0.05, 0) is 12.1 Å². The molecule has 0 aromatic heterocycles. The number of anilines is 1. The van der Waals surface area contributed by atoms with Crippen LogP contribution in [-0.4, -0.2) is 40.9 Å². The van der Waals surface area contributed by atoms with E-state index in [1.165, 1.54) is 6.07 Å². The fourth-order valence-electron chi connectivity index (χ4n) is 3.25. The molecule has 0 spiro atoms. The molecule has 0 amide bonds. The average molecular weight is 262 g/mol. The highest BCUT2D eigenvalue weighted by molar-refractivity contribution is 5.80. The van der Waals surface area contributed by atoms with Crippen molar-refractivity contribution in [3.8, 4) is 5.75 Å². The zero-order chi connectivity index (χ0) is 13.4. The maximum absolute atomic E-state index is 10.9. The molecule has 100 valence electrons. The molecule has 6 nitrogen and oxygen atoms in total. The van der Waals surface area contributed by atoms with Crippen LogP contribution in [0.1, 0.15) is 28.8 Å². The van der Waals surface area contributed by atoms with Crippen molar-refractivity contribution in [1.29, 1.82) is 0 Å². The first-order valence-corrected chi connectivity index (χ1v) is 6.32. The normalized spacial score (nSPS) is 38.4. The number of phenols is 1. The summed E-state index contributed by atoms with van der Waals surface area (Å²) >= 11 is 0. The predicted molar refractivity (Wildman–Crippen MR) is 66.0 cm³/mol. The van der Waals surface area contributed by atoms with E-state index in [2.05, 4.69) is 5.32 Å². The molecule has 2 saturated heterocycles. The number of aromatic hydroxyl groups is 1. The molecule has 4 atom stereocenters. The molecule has 3 heterocycles. The van der Waals surface area contributed by atoms with Gasteiger partial charge in [-0.2, -0.15) is 0 Å². The topological polar surface area (TPSA) is 91.9 Å². The van der Waals surface area contributed by atoms with E-state index in [0.29, 0.717) is 29.6 Å². The lowest BCUT2D eigenvalue weighted by Gasteiger charge is -2.47. The second-order valence-electron chi connectivity index (χ2n) is 5.47. The monoisotopic (exact) mass is 262 g/mol. The molecule has 4 unspecified atom stereocenters. The van der Waals surface area contributed by atoms with E-state index in [9.17, 15) is 15.0 Å². The van der Waals surface area contributed by atoms with Gasteiger partial charge in [0.2, 0.25) is 5.79 Å². The van der Waals surface area contributed by atoms with E-state index >= 15 is 0 Å². The molecule has 0 saturated carbocycles. The number of fused-ring (bicyclic) bond motifs is 6. The first-order valence-electron chi connectivity index (χ1n) is 6.32. The Balaban J connectivity index is 1.93. The van der Waals surface area contributed by atoms with E-state index in [1.807, 2.05) is 6.92 Å². The summed E-state index contributed by atoms with van der Waals surface area (Å²) in [6, 6.07) is 3.19. The van der Waals surface area contributed by atoms with Crippen molar-refractivity contribution < 1.29 is 19.8 Å². The second kappa shape index (κ2) is 3.27. The first kappa shape index (κ1) is 11.2. The molecule has 0 radical (unpaired) electrons. The number of nitrogens with one attached hydrogen (secondary N) is 1. The SMILES string of the molecule is CC1c2c(O)cc(C=O)cc2N2CC3NC3C1(O)O2. The van der Waals surface area contributed by atoms with Crippen LogP contribution in [0.3, 0.4) is 0 Å². The van der Waals surface area contributed by atoms with Gasteiger partial charge >= 0.3 is 0 Å². The molecule has 2 fully saturated rings. The Labute approximate surface area is 109 Å². The number of nitrogens with zero attached hydrogens (tertiary/aromatic N) is 1. The highest BCUT2D eigenvalue weighted by Crippen LogP contribution is 2.52. The Morgan fingerprint density at radius 1 is 1.58 bits per heavy atom. The van der Waals surface area contributed by atoms with Crippen molar-refractivity contribution in [2.45, 2.75) is 30.7 Å². The summed E-state index contributed by atoms with van der Waals surface area (Å²) in [6.07, 6.45) is 0.688. The average Bonchev–Trinajstić information content (AvgIpc) is 3.15. The van der Waals surface area contributed by atoms with Gasteiger partial charge in [0.1, 0.15) is 12.0 Å². The Kier molecular flexibility index (Phi) is 1.93. The second-order valence-corrected chi connectivity index (χ2v) is 5.47. The molecule has 19 heavy (non-hydrogen) atoms. The number of benzene rings is 1. The Morgan fingerprint density at radius 3 is 3.11 bits per heavy atom. The number of hydrogen-bond acceptors (Lipinski definition) is 6. The summed E-state index contributed by atoms with van der Waals surface area (Å²) in [4.78, 5) is 16.6. The number of rotatable bonds is 1. The Morgan fingerprint density at radius 2 is 2.37 bits per heavy atom. The zero-order valence-electron chi connectivity index (χ0n) is 10.3. The van der Waals surface area contributed by atoms with Crippen LogP contribution in [0.4, 0.5) is 5.69 Å². The van der Waals surface area contributed by atoms with Gasteiger partial charge in [0.15, 0.2) is 0 Å². The van der Waals surface area contributed by atoms with Crippen LogP contribution < -0.4 is 10.4 Å². The van der Waals surface area contributed by atoms with Gasteiger partial charge in [0, 0.05) is 23.1 Å². The molecule has 1 aromatic rings. The summed E-state index contributed by atoms with van der Waals surface area (Å²) in [5, 5.41) is 25.6. The molecule has 2 bridgehead atoms. The number of phenolic OH excluding ortho intramolecular Hbond substituents is 1. The number of hydroxylamine groups is 1. The van der Waals surface area contributed by atoms with Gasteiger partial charge < -0.3 is 15.5 Å². The lowest BCUT2D eigenvalue weighted by Crippen LogP contribution is -2.57. The third-order valence-electron chi connectivity index (χ3n) is 4.37. The van der Waals surface area contributed by atoms with E-state index < -0.39 is 5.79 Å². The molecular formula is C13H14N2O4. The van der Waals surface area contributed by atoms with Crippen molar-refractivity contribution >= 4 is 12.0 Å². The highest BCUT2D eigenvalue weighted by Gasteiger charge is 2.64. The summed E-state index contributed by atoms with van der Waals surface area (Å²) in [7, 11) is 0. The molecule has 4 rings (SSSR count). The van der Waals surface area contributed by atoms with Gasteiger partial charge in [0.05, 0.1) is 18.3 Å². The van der Waals surface area contributed by atoms with Crippen molar-refractivity contribution in [3.63, 3.8) is 0 Å². The minimum absolute atomic E-state index is 0.0259. The molecule has 3 aliphatic heterocycles. The lowest BCUT2D eigenvalue weighted by atomic mass is 9.83. The lowest BCUT2D eigenvalue weighted by molar-refractivity contribution is -0.240. The third kappa shape index (κ3) is 1.28. The first-order chi connectivity index (χ1) is 9.04. The quantitative estimate of drug-likeness (QED) is 0.491. The smallest absolute Gasteiger partial charge is 0.215 e. The maximum Gasteiger partial charge on any atom is 0.215 e. The van der Waals surface area contributed by atoms with Crippen LogP contribution in [0.25, 0.3) is 0 Å². The van der Waals surface area contributed by atoms with E-state index in [4.69, 9.17) is 4.84 Å². The standard InChI is InChI=1S/C13H14N2O4/c1-6-11-9(2-7(5-16)3-10(11)17)15-4-8-12(14-8)13(6,18)19-15/h2-3,5-6,8,12,14,17-18H,4H2,1H3. The summed E-state index contributed by atoms with van der Waals surface area (Å²) < 4.78 is 0. The van der Waals surface area contributed by atoms with Crippen LogP contribution >= 0.6 is 0 Å². The minimum Gasteiger partial charge on any atom is -0.508 e. The molecular weight excluding hydrogens is 248 g/mol. The number of carbonyl (C=O) groups excluding carboxylic acids is 1. The predicted octanol–water partition coefficient (Wildman–Crippen LogP) is 0.102. The molecule has 6 heteroatoms. The Hall–Kier alpha value is -1.63. The van der Waals surface area contributed by atoms with Gasteiger partial charge in [-0.1, -0.05) is 6.92 Å². The summed E-state index contributed by atoms with van der Waals surface area (Å²) in [5.74, 6) is -1.68. The van der Waals surface area contributed by atoms with Crippen molar-refractivity contribution in [1.82, 2.24) is 5.32 Å². The van der Waals surface area contributed by atoms with Crippen LogP contribution in [-0.2, 0) is 4.84 Å². The maximum atomic E-state index is 10.9. The fourth-order valence-corrected chi connectivity index (χ4v) is 3.25. The van der Waals surface area contributed by atoms with Crippen LogP contribution in [0.15, 0.2) is 12.1 Å². The van der Waals surface area contributed by atoms with E-state index in [1.54, 1.807) is 11.1 Å². The third-order valence-corrected chi connectivity index (χ3v) is 4.37. The number of aldehydes is 1. The Bertz CT molecular complexity index is 590. The molecule has 0 aliphatic carbocycles.